The molecule has 0 bridgehead atoms. The molecule has 1 rings (SSSR count). The van der Waals surface area contributed by atoms with Crippen LogP contribution in [0.2, 0.25) is 5.15 Å². The third-order valence-electron chi connectivity index (χ3n) is 1.23. The second-order valence-electron chi connectivity index (χ2n) is 2.21. The van der Waals surface area contributed by atoms with Gasteiger partial charge < -0.3 is 5.11 Å². The van der Waals surface area contributed by atoms with Crippen LogP contribution < -0.4 is 0 Å². The number of halogens is 4. The molecule has 0 fully saturated rings. The Morgan fingerprint density at radius 3 is 2.31 bits per heavy atom. The zero-order valence-electron chi connectivity index (χ0n) is 6.09. The molecular formula is C6H4ClF3N2O. The average molecular weight is 213 g/mol. The smallest absolute Gasteiger partial charge is 0.378 e. The zero-order valence-corrected chi connectivity index (χ0v) is 6.84. The zero-order chi connectivity index (χ0) is 10.1. The monoisotopic (exact) mass is 212 g/mol. The van der Waals surface area contributed by atoms with Crippen LogP contribution in [-0.2, 0) is 0 Å². The van der Waals surface area contributed by atoms with Crippen molar-refractivity contribution < 1.29 is 18.3 Å². The first-order valence-corrected chi connectivity index (χ1v) is 3.51. The van der Waals surface area contributed by atoms with Gasteiger partial charge in [0, 0.05) is 0 Å². The first kappa shape index (κ1) is 10.2. The Morgan fingerprint density at radius 2 is 1.92 bits per heavy atom. The summed E-state index contributed by atoms with van der Waals surface area (Å²) in [7, 11) is 0. The topological polar surface area (TPSA) is 46.0 Å². The predicted octanol–water partition coefficient (Wildman–Crippen LogP) is 1.73. The van der Waals surface area contributed by atoms with Crippen molar-refractivity contribution >= 4 is 11.6 Å². The van der Waals surface area contributed by atoms with Crippen molar-refractivity contribution in [3.05, 3.63) is 23.2 Å². The molecule has 0 aliphatic heterocycles. The van der Waals surface area contributed by atoms with Crippen LogP contribution in [0.5, 0.6) is 0 Å². The van der Waals surface area contributed by atoms with Crippen molar-refractivity contribution in [2.45, 2.75) is 12.3 Å². The second kappa shape index (κ2) is 3.47. The summed E-state index contributed by atoms with van der Waals surface area (Å²) >= 11 is 5.29. The van der Waals surface area contributed by atoms with E-state index in [0.29, 0.717) is 0 Å². The predicted molar refractivity (Wildman–Crippen MR) is 38.1 cm³/mol. The Hall–Kier alpha value is -0.880. The maximum atomic E-state index is 11.9. The molecule has 0 saturated carbocycles. The van der Waals surface area contributed by atoms with Gasteiger partial charge in [0.2, 0.25) is 0 Å². The van der Waals surface area contributed by atoms with Crippen molar-refractivity contribution in [2.24, 2.45) is 0 Å². The minimum atomic E-state index is -4.73. The normalized spacial score (nSPS) is 14.2. The summed E-state index contributed by atoms with van der Waals surface area (Å²) in [4.78, 5) is 6.64. The number of aromatic nitrogens is 2. The molecule has 0 aliphatic rings. The van der Waals surface area contributed by atoms with Crippen molar-refractivity contribution in [3.8, 4) is 0 Å². The van der Waals surface area contributed by atoms with Crippen molar-refractivity contribution in [1.82, 2.24) is 9.97 Å². The molecule has 0 saturated heterocycles. The fourth-order valence-electron chi connectivity index (χ4n) is 0.631. The summed E-state index contributed by atoms with van der Waals surface area (Å²) in [6.07, 6.45) is -5.63. The summed E-state index contributed by atoms with van der Waals surface area (Å²) in [6, 6.07) is 0. The van der Waals surface area contributed by atoms with E-state index in [2.05, 4.69) is 9.97 Å². The molecule has 1 aromatic heterocycles. The van der Waals surface area contributed by atoms with Gasteiger partial charge in [0.05, 0.1) is 18.1 Å². The van der Waals surface area contributed by atoms with Crippen molar-refractivity contribution in [1.29, 1.82) is 0 Å². The number of hydrogen-bond donors (Lipinski definition) is 1. The van der Waals surface area contributed by atoms with Crippen LogP contribution in [0, 0.1) is 0 Å². The maximum Gasteiger partial charge on any atom is 0.420 e. The van der Waals surface area contributed by atoms with Gasteiger partial charge in [-0.25, -0.2) is 4.98 Å². The molecule has 72 valence electrons. The Balaban J connectivity index is 2.90. The Morgan fingerprint density at radius 1 is 1.31 bits per heavy atom. The number of hydrogen-bond acceptors (Lipinski definition) is 3. The summed E-state index contributed by atoms with van der Waals surface area (Å²) in [5.41, 5.74) is -0.572. The van der Waals surface area contributed by atoms with E-state index >= 15 is 0 Å². The van der Waals surface area contributed by atoms with E-state index < -0.39 is 18.0 Å². The lowest BCUT2D eigenvalue weighted by Crippen LogP contribution is -2.21. The molecule has 0 spiro atoms. The molecule has 3 nitrogen and oxygen atoms in total. The van der Waals surface area contributed by atoms with Gasteiger partial charge in [-0.15, -0.1) is 0 Å². The summed E-state index contributed by atoms with van der Waals surface area (Å²) in [5, 5.41) is 8.65. The average Bonchev–Trinajstić information content (AvgIpc) is 2.03. The van der Waals surface area contributed by atoms with E-state index in [0.717, 1.165) is 12.4 Å². The highest BCUT2D eigenvalue weighted by Crippen LogP contribution is 2.30. The third-order valence-corrected chi connectivity index (χ3v) is 1.43. The summed E-state index contributed by atoms with van der Waals surface area (Å²) < 4.78 is 35.7. The van der Waals surface area contributed by atoms with E-state index in [9.17, 15) is 13.2 Å². The molecule has 7 heteroatoms. The number of alkyl halides is 3. The Labute approximate surface area is 76.2 Å². The van der Waals surface area contributed by atoms with Crippen LogP contribution in [0.25, 0.3) is 0 Å². The molecule has 13 heavy (non-hydrogen) atoms. The lowest BCUT2D eigenvalue weighted by molar-refractivity contribution is -0.208. The molecule has 0 aromatic carbocycles. The van der Waals surface area contributed by atoms with Gasteiger partial charge in [-0.05, 0) is 0 Å². The van der Waals surface area contributed by atoms with Gasteiger partial charge >= 0.3 is 6.18 Å². The number of nitrogens with zero attached hydrogens (tertiary/aromatic N) is 2. The molecule has 0 aliphatic carbocycles. The molecular weight excluding hydrogens is 209 g/mol. The second-order valence-corrected chi connectivity index (χ2v) is 2.60. The van der Waals surface area contributed by atoms with Crippen LogP contribution in [0.1, 0.15) is 11.8 Å². The number of aliphatic hydroxyl groups excluding tert-OH is 1. The SMILES string of the molecule is OC(c1cnc(Cl)cn1)C(F)(F)F. The van der Waals surface area contributed by atoms with Gasteiger partial charge in [0.1, 0.15) is 5.15 Å². The van der Waals surface area contributed by atoms with Crippen LogP contribution in [0.3, 0.4) is 0 Å². The van der Waals surface area contributed by atoms with E-state index in [1.807, 2.05) is 0 Å². The van der Waals surface area contributed by atoms with Crippen LogP contribution in [-0.4, -0.2) is 21.3 Å². The van der Waals surface area contributed by atoms with E-state index in [1.165, 1.54) is 0 Å². The quantitative estimate of drug-likeness (QED) is 0.771. The first-order chi connectivity index (χ1) is 5.91. The van der Waals surface area contributed by atoms with Crippen molar-refractivity contribution in [3.63, 3.8) is 0 Å². The molecule has 1 aromatic rings. The lowest BCUT2D eigenvalue weighted by Gasteiger charge is -2.12. The standard InChI is InChI=1S/C6H4ClF3N2O/c7-4-2-11-3(1-12-4)5(13)6(8,9)10/h1-2,5,13H. The number of rotatable bonds is 1. The van der Waals surface area contributed by atoms with Gasteiger partial charge in [0.15, 0.2) is 6.10 Å². The third kappa shape index (κ3) is 2.53. The van der Waals surface area contributed by atoms with Gasteiger partial charge in [-0.3, -0.25) is 4.98 Å². The molecule has 0 radical (unpaired) electrons. The van der Waals surface area contributed by atoms with E-state index in [1.54, 1.807) is 0 Å². The van der Waals surface area contributed by atoms with E-state index in [4.69, 9.17) is 16.7 Å². The summed E-state index contributed by atoms with van der Waals surface area (Å²) in [5.74, 6) is 0. The first-order valence-electron chi connectivity index (χ1n) is 3.13. The van der Waals surface area contributed by atoms with Crippen LogP contribution in [0.4, 0.5) is 13.2 Å². The maximum absolute atomic E-state index is 11.9. The van der Waals surface area contributed by atoms with E-state index in [-0.39, 0.29) is 5.15 Å². The van der Waals surface area contributed by atoms with Crippen molar-refractivity contribution in [2.75, 3.05) is 0 Å². The minimum Gasteiger partial charge on any atom is -0.378 e. The highest BCUT2D eigenvalue weighted by molar-refractivity contribution is 6.29. The van der Waals surface area contributed by atoms with Gasteiger partial charge in [-0.2, -0.15) is 13.2 Å². The minimum absolute atomic E-state index is 0.0295. The largest absolute Gasteiger partial charge is 0.420 e. The fraction of sp³-hybridized carbons (Fsp3) is 0.333. The molecule has 1 atom stereocenters. The Bertz CT molecular complexity index is 287. The Kier molecular flexibility index (Phi) is 2.72. The molecule has 1 N–H and O–H groups in total. The number of aliphatic hydroxyl groups is 1. The van der Waals surface area contributed by atoms with Crippen LogP contribution >= 0.6 is 11.6 Å². The van der Waals surface area contributed by atoms with Crippen LogP contribution in [0.15, 0.2) is 12.4 Å². The van der Waals surface area contributed by atoms with Gasteiger partial charge in [-0.1, -0.05) is 11.6 Å². The highest BCUT2D eigenvalue weighted by atomic mass is 35.5. The molecule has 0 amide bonds. The lowest BCUT2D eigenvalue weighted by atomic mass is 10.2. The van der Waals surface area contributed by atoms with Gasteiger partial charge in [0.25, 0.3) is 0 Å². The highest BCUT2D eigenvalue weighted by Gasteiger charge is 2.40. The molecule has 1 heterocycles. The fourth-order valence-corrected chi connectivity index (χ4v) is 0.729. The summed E-state index contributed by atoms with van der Waals surface area (Å²) in [6.45, 7) is 0. The molecule has 1 unspecified atom stereocenters.